The first-order valence-electron chi connectivity index (χ1n) is 11.8. The lowest BCUT2D eigenvalue weighted by Crippen LogP contribution is -2.62. The molecule has 4 rings (SSSR count). The smallest absolute Gasteiger partial charge is 0.287 e. The highest BCUT2D eigenvalue weighted by Crippen LogP contribution is 2.32. The molecule has 0 saturated carbocycles. The molecule has 2 aromatic rings. The normalized spacial score (nSPS) is 20.6. The molecule has 2 aliphatic rings. The minimum Gasteiger partial charge on any atom is -0.455 e. The number of furan rings is 1. The third kappa shape index (κ3) is 5.06. The van der Waals surface area contributed by atoms with Crippen LogP contribution in [0.25, 0.3) is 0 Å². The topological polar surface area (TPSA) is 95.7 Å². The zero-order valence-corrected chi connectivity index (χ0v) is 20.5. The largest absolute Gasteiger partial charge is 0.455 e. The fourth-order valence-electron chi connectivity index (χ4n) is 5.50. The number of amides is 2. The number of piperidine rings is 1. The van der Waals surface area contributed by atoms with Crippen molar-refractivity contribution in [2.45, 2.75) is 83.8 Å². The molecule has 8 heteroatoms. The lowest BCUT2D eigenvalue weighted by molar-refractivity contribution is 0.0842. The lowest BCUT2D eigenvalue weighted by Gasteiger charge is -2.46. The molecular formula is C26H33FN4O3. The van der Waals surface area contributed by atoms with Crippen molar-refractivity contribution in [2.24, 2.45) is 5.10 Å². The van der Waals surface area contributed by atoms with Crippen LogP contribution in [0, 0.1) is 12.7 Å². The zero-order valence-electron chi connectivity index (χ0n) is 20.5. The molecule has 1 aliphatic carbocycles. The number of nitrogens with one attached hydrogen (secondary N) is 3. The Bertz CT molecular complexity index is 1130. The first-order chi connectivity index (χ1) is 16.0. The minimum atomic E-state index is -0.618. The van der Waals surface area contributed by atoms with Gasteiger partial charge in [0, 0.05) is 34.7 Å². The van der Waals surface area contributed by atoms with Crippen LogP contribution < -0.4 is 16.1 Å². The number of hydrogen-bond acceptors (Lipinski definition) is 5. The van der Waals surface area contributed by atoms with E-state index in [1.165, 1.54) is 18.2 Å². The highest BCUT2D eigenvalue weighted by Gasteiger charge is 2.39. The van der Waals surface area contributed by atoms with E-state index in [0.717, 1.165) is 24.8 Å². The molecule has 0 radical (unpaired) electrons. The molecule has 182 valence electrons. The van der Waals surface area contributed by atoms with Crippen molar-refractivity contribution in [3.05, 3.63) is 58.3 Å². The fourth-order valence-corrected chi connectivity index (χ4v) is 5.50. The van der Waals surface area contributed by atoms with Crippen LogP contribution in [0.2, 0.25) is 0 Å². The molecule has 0 spiro atoms. The van der Waals surface area contributed by atoms with Gasteiger partial charge in [-0.3, -0.25) is 9.59 Å². The molecule has 0 bridgehead atoms. The molecule has 0 unspecified atom stereocenters. The Balaban J connectivity index is 1.53. The van der Waals surface area contributed by atoms with E-state index in [-0.39, 0.29) is 34.4 Å². The number of fused-ring (bicyclic) bond motifs is 1. The lowest BCUT2D eigenvalue weighted by atomic mass is 9.79. The van der Waals surface area contributed by atoms with Crippen molar-refractivity contribution in [2.75, 3.05) is 0 Å². The second kappa shape index (κ2) is 8.98. The van der Waals surface area contributed by atoms with E-state index in [1.54, 1.807) is 6.07 Å². The molecule has 1 aromatic heterocycles. The Kier molecular flexibility index (Phi) is 6.38. The highest BCUT2D eigenvalue weighted by atomic mass is 19.1. The standard InChI is InChI=1S/C26H33FN4O3/c1-15-21-19(29-30-23(32)17-9-6-7-10-18(17)27)11-8-12-20(21)34-22(15)24(33)28-16-13-25(2,3)31-26(4,5)14-16/h6-7,9-10,16,31H,8,11-14H2,1-5H3,(H,28,33)(H,30,32)/b29-19+. The molecule has 0 atom stereocenters. The Morgan fingerprint density at radius 3 is 2.44 bits per heavy atom. The van der Waals surface area contributed by atoms with Gasteiger partial charge < -0.3 is 15.1 Å². The highest BCUT2D eigenvalue weighted by molar-refractivity contribution is 6.07. The summed E-state index contributed by atoms with van der Waals surface area (Å²) in [5.74, 6) is -0.478. The number of hydrazone groups is 1. The van der Waals surface area contributed by atoms with Crippen molar-refractivity contribution < 1.29 is 18.4 Å². The van der Waals surface area contributed by atoms with E-state index in [9.17, 15) is 14.0 Å². The van der Waals surface area contributed by atoms with Gasteiger partial charge in [0.15, 0.2) is 5.76 Å². The molecule has 1 aromatic carbocycles. The molecule has 7 nitrogen and oxygen atoms in total. The summed E-state index contributed by atoms with van der Waals surface area (Å²) in [7, 11) is 0. The number of hydrogen-bond donors (Lipinski definition) is 3. The third-order valence-electron chi connectivity index (χ3n) is 6.47. The average molecular weight is 469 g/mol. The van der Waals surface area contributed by atoms with E-state index in [0.29, 0.717) is 29.9 Å². The van der Waals surface area contributed by atoms with E-state index in [1.807, 2.05) is 6.92 Å². The van der Waals surface area contributed by atoms with Gasteiger partial charge in [-0.2, -0.15) is 5.10 Å². The van der Waals surface area contributed by atoms with Crippen LogP contribution in [0.1, 0.15) is 91.2 Å². The predicted octanol–water partition coefficient (Wildman–Crippen LogP) is 4.24. The summed E-state index contributed by atoms with van der Waals surface area (Å²) in [4.78, 5) is 25.6. The van der Waals surface area contributed by atoms with Crippen molar-refractivity contribution in [3.63, 3.8) is 0 Å². The van der Waals surface area contributed by atoms with Gasteiger partial charge in [0.2, 0.25) is 0 Å². The average Bonchev–Trinajstić information content (AvgIpc) is 3.07. The molecule has 2 amide bonds. The van der Waals surface area contributed by atoms with E-state index in [4.69, 9.17) is 4.42 Å². The number of nitrogens with zero attached hydrogens (tertiary/aromatic N) is 1. The molecule has 1 saturated heterocycles. The predicted molar refractivity (Wildman–Crippen MR) is 129 cm³/mol. The first kappa shape index (κ1) is 24.1. The maximum absolute atomic E-state index is 13.9. The molecular weight excluding hydrogens is 435 g/mol. The van der Waals surface area contributed by atoms with Gasteiger partial charge in [0.25, 0.3) is 11.8 Å². The summed E-state index contributed by atoms with van der Waals surface area (Å²) in [6.45, 7) is 10.4. The van der Waals surface area contributed by atoms with Crippen LogP contribution in [0.15, 0.2) is 33.8 Å². The van der Waals surface area contributed by atoms with Crippen molar-refractivity contribution in [3.8, 4) is 0 Å². The van der Waals surface area contributed by atoms with Crippen molar-refractivity contribution in [1.29, 1.82) is 0 Å². The minimum absolute atomic E-state index is 0.0217. The molecule has 34 heavy (non-hydrogen) atoms. The molecule has 1 aliphatic heterocycles. The summed E-state index contributed by atoms with van der Waals surface area (Å²) in [6.07, 6.45) is 3.73. The van der Waals surface area contributed by atoms with Gasteiger partial charge in [-0.05, 0) is 72.4 Å². The van der Waals surface area contributed by atoms with Crippen LogP contribution in [0.5, 0.6) is 0 Å². The van der Waals surface area contributed by atoms with Crippen molar-refractivity contribution >= 4 is 17.5 Å². The molecule has 1 fully saturated rings. The maximum Gasteiger partial charge on any atom is 0.287 e. The summed E-state index contributed by atoms with van der Waals surface area (Å²) >= 11 is 0. The second-order valence-electron chi connectivity index (χ2n) is 10.7. The van der Waals surface area contributed by atoms with Gasteiger partial charge in [0.1, 0.15) is 11.6 Å². The Hall–Kier alpha value is -3.00. The zero-order chi connectivity index (χ0) is 24.7. The van der Waals surface area contributed by atoms with Crippen LogP contribution in [-0.4, -0.2) is 34.6 Å². The number of carbonyl (C=O) groups is 2. The summed E-state index contributed by atoms with van der Waals surface area (Å²) < 4.78 is 19.9. The summed E-state index contributed by atoms with van der Waals surface area (Å²) in [5, 5.41) is 11.1. The van der Waals surface area contributed by atoms with Crippen LogP contribution in [-0.2, 0) is 6.42 Å². The van der Waals surface area contributed by atoms with Crippen LogP contribution in [0.3, 0.4) is 0 Å². The summed E-state index contributed by atoms with van der Waals surface area (Å²) in [5.41, 5.74) is 4.31. The SMILES string of the molecule is Cc1c(C(=O)NC2CC(C)(C)NC(C)(C)C2)oc2c1/C(=N/NC(=O)c1ccccc1F)CCC2. The summed E-state index contributed by atoms with van der Waals surface area (Å²) in [6, 6.07) is 5.79. The van der Waals surface area contributed by atoms with E-state index < -0.39 is 11.7 Å². The number of carbonyl (C=O) groups excluding carboxylic acids is 2. The fraction of sp³-hybridized carbons (Fsp3) is 0.500. The van der Waals surface area contributed by atoms with E-state index >= 15 is 0 Å². The Morgan fingerprint density at radius 2 is 1.76 bits per heavy atom. The van der Waals surface area contributed by atoms with Crippen LogP contribution >= 0.6 is 0 Å². The monoisotopic (exact) mass is 468 g/mol. The van der Waals surface area contributed by atoms with Gasteiger partial charge in [-0.15, -0.1) is 0 Å². The number of aryl methyl sites for hydroxylation is 1. The third-order valence-corrected chi connectivity index (χ3v) is 6.47. The Morgan fingerprint density at radius 1 is 1.09 bits per heavy atom. The van der Waals surface area contributed by atoms with Gasteiger partial charge in [-0.25, -0.2) is 9.82 Å². The number of halogens is 1. The Labute approximate surface area is 199 Å². The number of rotatable bonds is 4. The first-order valence-corrected chi connectivity index (χ1v) is 11.8. The second-order valence-corrected chi connectivity index (χ2v) is 10.7. The quantitative estimate of drug-likeness (QED) is 0.585. The molecule has 3 N–H and O–H groups in total. The maximum atomic E-state index is 13.9. The van der Waals surface area contributed by atoms with Gasteiger partial charge in [-0.1, -0.05) is 12.1 Å². The van der Waals surface area contributed by atoms with Gasteiger partial charge >= 0.3 is 0 Å². The number of benzene rings is 1. The van der Waals surface area contributed by atoms with Gasteiger partial charge in [0.05, 0.1) is 11.3 Å². The van der Waals surface area contributed by atoms with Crippen molar-refractivity contribution in [1.82, 2.24) is 16.1 Å². The van der Waals surface area contributed by atoms with Crippen LogP contribution in [0.4, 0.5) is 4.39 Å². The van der Waals surface area contributed by atoms with E-state index in [2.05, 4.69) is 48.9 Å². The molecule has 2 heterocycles.